The van der Waals surface area contributed by atoms with E-state index in [1.54, 1.807) is 23.5 Å². The molecular weight excluding hydrogens is 344 g/mol. The van der Waals surface area contributed by atoms with Crippen molar-refractivity contribution >= 4 is 35.5 Å². The number of carbonyl (C=O) groups is 2. The molecule has 0 N–H and O–H groups in total. The van der Waals surface area contributed by atoms with E-state index in [9.17, 15) is 9.59 Å². The Morgan fingerprint density at radius 3 is 1.25 bits per heavy atom. The molecule has 4 nitrogen and oxygen atoms in total. The third-order valence-corrected chi connectivity index (χ3v) is 9.59. The Morgan fingerprint density at radius 1 is 0.750 bits per heavy atom. The summed E-state index contributed by atoms with van der Waals surface area (Å²) in [4.78, 5) is 25.6. The summed E-state index contributed by atoms with van der Waals surface area (Å²) in [6.07, 6.45) is 12.7. The number of allylic oxidation sites excluding steroid dienone is 4. The molecular formula is C18H22O4S2. The fourth-order valence-electron chi connectivity index (χ4n) is 6.13. The number of esters is 2. The zero-order valence-corrected chi connectivity index (χ0v) is 15.9. The number of carbonyl (C=O) groups excluding carboxylic acids is 2. The third-order valence-electron chi connectivity index (χ3n) is 6.82. The SMILES string of the molecule is COC(=O)C1(SC)C2C=CC3C2C2C1C=CC2C3(SC)C(=O)OC. The largest absolute Gasteiger partial charge is 0.468 e. The molecule has 0 bridgehead atoms. The van der Waals surface area contributed by atoms with Crippen molar-refractivity contribution < 1.29 is 19.1 Å². The van der Waals surface area contributed by atoms with Crippen LogP contribution >= 0.6 is 23.5 Å². The molecule has 2 saturated carbocycles. The second-order valence-corrected chi connectivity index (χ2v) is 9.17. The van der Waals surface area contributed by atoms with Gasteiger partial charge in [-0.05, 0) is 24.3 Å². The minimum absolute atomic E-state index is 0.117. The summed E-state index contributed by atoms with van der Waals surface area (Å²) in [5.74, 6) is 0.793. The normalized spacial score (nSPS) is 49.5. The molecule has 130 valence electrons. The predicted octanol–water partition coefficient (Wildman–Crippen LogP) is 2.40. The van der Waals surface area contributed by atoms with Gasteiger partial charge < -0.3 is 9.47 Å². The fraction of sp³-hybridized carbons (Fsp3) is 0.667. The number of ether oxygens (including phenoxy) is 2. The van der Waals surface area contributed by atoms with E-state index >= 15 is 0 Å². The third kappa shape index (κ3) is 1.52. The number of rotatable bonds is 4. The predicted molar refractivity (Wildman–Crippen MR) is 95.7 cm³/mol. The van der Waals surface area contributed by atoms with Crippen molar-refractivity contribution in [2.45, 2.75) is 9.49 Å². The monoisotopic (exact) mass is 366 g/mol. The number of hydrogen-bond acceptors (Lipinski definition) is 6. The Morgan fingerprint density at radius 2 is 1.04 bits per heavy atom. The number of thioether (sulfide) groups is 2. The first kappa shape index (κ1) is 16.6. The van der Waals surface area contributed by atoms with Crippen LogP contribution in [0, 0.1) is 35.5 Å². The van der Waals surface area contributed by atoms with E-state index in [2.05, 4.69) is 24.3 Å². The van der Waals surface area contributed by atoms with Gasteiger partial charge in [-0.25, -0.2) is 0 Å². The Kier molecular flexibility index (Phi) is 3.67. The summed E-state index contributed by atoms with van der Waals surface area (Å²) in [5.41, 5.74) is 0. The van der Waals surface area contributed by atoms with Crippen LogP contribution in [0.1, 0.15) is 0 Å². The van der Waals surface area contributed by atoms with E-state index in [1.165, 1.54) is 14.2 Å². The molecule has 4 aliphatic carbocycles. The van der Waals surface area contributed by atoms with Gasteiger partial charge in [0.2, 0.25) is 0 Å². The van der Waals surface area contributed by atoms with Gasteiger partial charge >= 0.3 is 11.9 Å². The molecule has 4 aliphatic rings. The Hall–Kier alpha value is -0.880. The molecule has 2 fully saturated rings. The zero-order valence-electron chi connectivity index (χ0n) is 14.2. The van der Waals surface area contributed by atoms with Crippen LogP contribution in [0.3, 0.4) is 0 Å². The Bertz CT molecular complexity index is 571. The van der Waals surface area contributed by atoms with Gasteiger partial charge in [-0.2, -0.15) is 0 Å². The summed E-state index contributed by atoms with van der Waals surface area (Å²) in [7, 11) is 2.95. The van der Waals surface area contributed by atoms with Crippen molar-refractivity contribution in [3.05, 3.63) is 24.3 Å². The van der Waals surface area contributed by atoms with E-state index in [0.29, 0.717) is 11.8 Å². The first-order chi connectivity index (χ1) is 11.5. The van der Waals surface area contributed by atoms with Crippen LogP contribution in [-0.2, 0) is 19.1 Å². The number of methoxy groups -OCH3 is 2. The van der Waals surface area contributed by atoms with Gasteiger partial charge in [0.15, 0.2) is 0 Å². The molecule has 0 radical (unpaired) electrons. The molecule has 6 heteroatoms. The van der Waals surface area contributed by atoms with E-state index in [4.69, 9.17) is 9.47 Å². The van der Waals surface area contributed by atoms with Crippen LogP contribution in [0.2, 0.25) is 0 Å². The quantitative estimate of drug-likeness (QED) is 0.563. The zero-order chi connectivity index (χ0) is 17.3. The molecule has 24 heavy (non-hydrogen) atoms. The highest BCUT2D eigenvalue weighted by atomic mass is 32.2. The molecule has 0 aromatic carbocycles. The van der Waals surface area contributed by atoms with E-state index in [1.807, 2.05) is 12.5 Å². The van der Waals surface area contributed by atoms with Gasteiger partial charge in [0.05, 0.1) is 14.2 Å². The lowest BCUT2D eigenvalue weighted by molar-refractivity contribution is -0.145. The van der Waals surface area contributed by atoms with Crippen molar-refractivity contribution in [2.75, 3.05) is 26.7 Å². The maximum Gasteiger partial charge on any atom is 0.323 e. The highest BCUT2D eigenvalue weighted by Crippen LogP contribution is 2.74. The van der Waals surface area contributed by atoms with Gasteiger partial charge in [-0.3, -0.25) is 9.59 Å². The topological polar surface area (TPSA) is 52.6 Å². The molecule has 0 heterocycles. The standard InChI is InChI=1S/C18H22O4S2/c1-21-15(19)17(23-3)9-5-7-11-13(9)14-10(17)6-8-12(14)18(11,24-4)16(20)22-2/h5-14H,1-4H3. The van der Waals surface area contributed by atoms with Crippen molar-refractivity contribution in [3.63, 3.8) is 0 Å². The molecule has 4 unspecified atom stereocenters. The van der Waals surface area contributed by atoms with Crippen molar-refractivity contribution in [3.8, 4) is 0 Å². The summed E-state index contributed by atoms with van der Waals surface area (Å²) in [6, 6.07) is 0. The van der Waals surface area contributed by atoms with Crippen LogP contribution in [0.5, 0.6) is 0 Å². The second kappa shape index (κ2) is 5.31. The minimum Gasteiger partial charge on any atom is -0.468 e. The minimum atomic E-state index is -0.568. The van der Waals surface area contributed by atoms with Gasteiger partial charge in [0.25, 0.3) is 0 Å². The first-order valence-corrected chi connectivity index (χ1v) is 10.6. The van der Waals surface area contributed by atoms with Gasteiger partial charge in [-0.15, -0.1) is 23.5 Å². The lowest BCUT2D eigenvalue weighted by Gasteiger charge is -2.37. The summed E-state index contributed by atoms with van der Waals surface area (Å²) in [6.45, 7) is 0. The molecule has 0 saturated heterocycles. The average molecular weight is 367 g/mol. The van der Waals surface area contributed by atoms with Crippen LogP contribution in [0.25, 0.3) is 0 Å². The van der Waals surface area contributed by atoms with Crippen molar-refractivity contribution in [1.29, 1.82) is 0 Å². The van der Waals surface area contributed by atoms with Crippen LogP contribution in [0.15, 0.2) is 24.3 Å². The second-order valence-electron chi connectivity index (χ2n) is 7.01. The maximum atomic E-state index is 12.8. The lowest BCUT2D eigenvalue weighted by Crippen LogP contribution is -2.49. The van der Waals surface area contributed by atoms with E-state index in [-0.39, 0.29) is 35.6 Å². The lowest BCUT2D eigenvalue weighted by atomic mass is 9.82. The fourth-order valence-corrected chi connectivity index (χ4v) is 8.66. The Balaban J connectivity index is 1.87. The molecule has 0 aromatic heterocycles. The van der Waals surface area contributed by atoms with Gasteiger partial charge in [0.1, 0.15) is 9.49 Å². The van der Waals surface area contributed by atoms with Crippen LogP contribution < -0.4 is 0 Å². The first-order valence-electron chi connectivity index (χ1n) is 8.18. The number of hydrogen-bond donors (Lipinski definition) is 0. The average Bonchev–Trinajstić information content (AvgIpc) is 3.31. The summed E-state index contributed by atoms with van der Waals surface area (Å²) >= 11 is 3.22. The summed E-state index contributed by atoms with van der Waals surface area (Å²) in [5, 5.41) is 0. The van der Waals surface area contributed by atoms with Crippen molar-refractivity contribution in [2.24, 2.45) is 35.5 Å². The molecule has 0 amide bonds. The van der Waals surface area contributed by atoms with Gasteiger partial charge in [-0.1, -0.05) is 24.3 Å². The van der Waals surface area contributed by atoms with Gasteiger partial charge in [0, 0.05) is 23.7 Å². The van der Waals surface area contributed by atoms with Crippen LogP contribution in [-0.4, -0.2) is 48.2 Å². The van der Waals surface area contributed by atoms with E-state index < -0.39 is 9.49 Å². The molecule has 4 rings (SSSR count). The smallest absolute Gasteiger partial charge is 0.323 e. The Labute approximate surface area is 150 Å². The van der Waals surface area contributed by atoms with E-state index in [0.717, 1.165) is 0 Å². The molecule has 0 aromatic rings. The molecule has 0 spiro atoms. The highest BCUT2D eigenvalue weighted by Gasteiger charge is 2.77. The summed E-state index contributed by atoms with van der Waals surface area (Å²) < 4.78 is 9.30. The maximum absolute atomic E-state index is 12.8. The van der Waals surface area contributed by atoms with Crippen molar-refractivity contribution in [1.82, 2.24) is 0 Å². The molecule has 0 aliphatic heterocycles. The molecule has 4 atom stereocenters. The van der Waals surface area contributed by atoms with Crippen LogP contribution in [0.4, 0.5) is 0 Å². The highest BCUT2D eigenvalue weighted by molar-refractivity contribution is 8.01.